The normalized spacial score (nSPS) is 10.6. The highest BCUT2D eigenvalue weighted by molar-refractivity contribution is 7.99. The molecule has 0 atom stereocenters. The van der Waals surface area contributed by atoms with Crippen molar-refractivity contribution in [3.8, 4) is 17.1 Å². The van der Waals surface area contributed by atoms with Crippen molar-refractivity contribution < 1.29 is 13.6 Å². The minimum absolute atomic E-state index is 0.136. The molecule has 27 heavy (non-hydrogen) atoms. The Bertz CT molecular complexity index is 939. The molecule has 0 fully saturated rings. The predicted octanol–water partition coefficient (Wildman–Crippen LogP) is 3.61. The van der Waals surface area contributed by atoms with Crippen molar-refractivity contribution in [1.29, 1.82) is 0 Å². The molecule has 1 N–H and O–H groups in total. The second-order valence-electron chi connectivity index (χ2n) is 5.51. The zero-order valence-corrected chi connectivity index (χ0v) is 15.0. The van der Waals surface area contributed by atoms with Crippen LogP contribution < -0.4 is 5.32 Å². The fourth-order valence-corrected chi connectivity index (χ4v) is 3.12. The smallest absolute Gasteiger partial charge is 0.230 e. The van der Waals surface area contributed by atoms with Crippen LogP contribution in [-0.4, -0.2) is 33.0 Å². The molecule has 0 bridgehead atoms. The number of carbonyl (C=O) groups excluding carboxylic acids is 1. The monoisotopic (exact) mass is 386 g/mol. The van der Waals surface area contributed by atoms with E-state index >= 15 is 0 Å². The molecule has 8 heteroatoms. The molecule has 0 saturated heterocycles. The SMILES string of the molecule is C=CCNC(=O)CSc1nnc(-c2ccc(F)cc2)n1-c1ccc(F)cc1. The van der Waals surface area contributed by atoms with E-state index in [4.69, 9.17) is 0 Å². The molecule has 0 saturated carbocycles. The lowest BCUT2D eigenvalue weighted by Gasteiger charge is -2.10. The Hall–Kier alpha value is -3.00. The van der Waals surface area contributed by atoms with E-state index in [1.165, 1.54) is 36.0 Å². The van der Waals surface area contributed by atoms with E-state index in [9.17, 15) is 13.6 Å². The molecule has 2 aromatic carbocycles. The van der Waals surface area contributed by atoms with Gasteiger partial charge in [0.05, 0.1) is 5.75 Å². The lowest BCUT2D eigenvalue weighted by Crippen LogP contribution is -2.25. The topological polar surface area (TPSA) is 59.8 Å². The van der Waals surface area contributed by atoms with Gasteiger partial charge in [0.25, 0.3) is 0 Å². The van der Waals surface area contributed by atoms with Gasteiger partial charge in [0.2, 0.25) is 5.91 Å². The van der Waals surface area contributed by atoms with Crippen LogP contribution in [0.25, 0.3) is 17.1 Å². The number of hydrogen-bond donors (Lipinski definition) is 1. The number of carbonyl (C=O) groups is 1. The first-order chi connectivity index (χ1) is 13.1. The molecule has 0 aliphatic heterocycles. The molecule has 0 spiro atoms. The Morgan fingerprint density at radius 2 is 1.70 bits per heavy atom. The van der Waals surface area contributed by atoms with E-state index in [1.807, 2.05) is 0 Å². The zero-order valence-electron chi connectivity index (χ0n) is 14.2. The number of nitrogens with zero attached hydrogens (tertiary/aromatic N) is 3. The van der Waals surface area contributed by atoms with Gasteiger partial charge in [-0.05, 0) is 48.5 Å². The Morgan fingerprint density at radius 3 is 2.33 bits per heavy atom. The van der Waals surface area contributed by atoms with E-state index < -0.39 is 0 Å². The van der Waals surface area contributed by atoms with E-state index in [0.29, 0.717) is 28.8 Å². The van der Waals surface area contributed by atoms with Crippen LogP contribution in [-0.2, 0) is 4.79 Å². The average molecular weight is 386 g/mol. The lowest BCUT2D eigenvalue weighted by atomic mass is 10.2. The number of aromatic nitrogens is 3. The Balaban J connectivity index is 1.95. The van der Waals surface area contributed by atoms with Crippen molar-refractivity contribution >= 4 is 17.7 Å². The summed E-state index contributed by atoms with van der Waals surface area (Å²) in [5.41, 5.74) is 1.28. The van der Waals surface area contributed by atoms with Gasteiger partial charge in [-0.2, -0.15) is 0 Å². The quantitative estimate of drug-likeness (QED) is 0.498. The minimum Gasteiger partial charge on any atom is -0.352 e. The van der Waals surface area contributed by atoms with Gasteiger partial charge in [-0.1, -0.05) is 17.8 Å². The fourth-order valence-electron chi connectivity index (χ4n) is 2.34. The number of benzene rings is 2. The van der Waals surface area contributed by atoms with Crippen LogP contribution in [0.4, 0.5) is 8.78 Å². The molecule has 0 aliphatic rings. The molecular formula is C19H16F2N4OS. The highest BCUT2D eigenvalue weighted by Gasteiger charge is 2.17. The molecule has 0 radical (unpaired) electrons. The van der Waals surface area contributed by atoms with Crippen molar-refractivity contribution in [1.82, 2.24) is 20.1 Å². The summed E-state index contributed by atoms with van der Waals surface area (Å²) < 4.78 is 28.3. The van der Waals surface area contributed by atoms with Gasteiger partial charge in [0, 0.05) is 17.8 Å². The number of nitrogens with one attached hydrogen (secondary N) is 1. The van der Waals surface area contributed by atoms with Crippen molar-refractivity contribution in [3.63, 3.8) is 0 Å². The Labute approximate surface area is 159 Å². The largest absolute Gasteiger partial charge is 0.352 e. The minimum atomic E-state index is -0.367. The van der Waals surface area contributed by atoms with Crippen LogP contribution >= 0.6 is 11.8 Å². The molecule has 1 amide bonds. The highest BCUT2D eigenvalue weighted by atomic mass is 32.2. The van der Waals surface area contributed by atoms with Crippen LogP contribution in [0.3, 0.4) is 0 Å². The number of rotatable bonds is 7. The van der Waals surface area contributed by atoms with Crippen molar-refractivity contribution in [2.75, 3.05) is 12.3 Å². The Kier molecular flexibility index (Phi) is 5.97. The third-order valence-corrected chi connectivity index (χ3v) is 4.53. The van der Waals surface area contributed by atoms with Crippen LogP contribution in [0.1, 0.15) is 0 Å². The van der Waals surface area contributed by atoms with Crippen LogP contribution in [0.15, 0.2) is 66.3 Å². The molecule has 5 nitrogen and oxygen atoms in total. The number of halogens is 2. The molecule has 3 rings (SSSR count). The van der Waals surface area contributed by atoms with Gasteiger partial charge in [-0.25, -0.2) is 8.78 Å². The summed E-state index contributed by atoms with van der Waals surface area (Å²) >= 11 is 1.20. The van der Waals surface area contributed by atoms with Crippen molar-refractivity contribution in [2.24, 2.45) is 0 Å². The fraction of sp³-hybridized carbons (Fsp3) is 0.105. The summed E-state index contributed by atoms with van der Waals surface area (Å²) in [6.07, 6.45) is 1.59. The standard InChI is InChI=1S/C19H16F2N4OS/c1-2-11-22-17(26)12-27-19-24-23-18(13-3-5-14(20)6-4-13)25(19)16-9-7-15(21)8-10-16/h2-10H,1,11-12H2,(H,22,26). The molecule has 1 heterocycles. The molecule has 0 aliphatic carbocycles. The maximum absolute atomic E-state index is 13.3. The van der Waals surface area contributed by atoms with Gasteiger partial charge in [-0.3, -0.25) is 9.36 Å². The zero-order chi connectivity index (χ0) is 19.2. The van der Waals surface area contributed by atoms with E-state index in [2.05, 4.69) is 22.1 Å². The third kappa shape index (κ3) is 4.59. The summed E-state index contributed by atoms with van der Waals surface area (Å²) in [6.45, 7) is 3.93. The van der Waals surface area contributed by atoms with Crippen LogP contribution in [0.5, 0.6) is 0 Å². The second kappa shape index (κ2) is 8.59. The first kappa shape index (κ1) is 18.8. The van der Waals surface area contributed by atoms with Gasteiger partial charge >= 0.3 is 0 Å². The van der Waals surface area contributed by atoms with Crippen LogP contribution in [0, 0.1) is 11.6 Å². The van der Waals surface area contributed by atoms with Gasteiger partial charge in [-0.15, -0.1) is 16.8 Å². The van der Waals surface area contributed by atoms with E-state index in [0.717, 1.165) is 0 Å². The first-order valence-electron chi connectivity index (χ1n) is 8.06. The maximum Gasteiger partial charge on any atom is 0.230 e. The number of amides is 1. The van der Waals surface area contributed by atoms with Crippen molar-refractivity contribution in [2.45, 2.75) is 5.16 Å². The summed E-state index contributed by atoms with van der Waals surface area (Å²) in [7, 11) is 0. The summed E-state index contributed by atoms with van der Waals surface area (Å²) in [5.74, 6) is -0.294. The van der Waals surface area contributed by atoms with E-state index in [1.54, 1.807) is 34.9 Å². The van der Waals surface area contributed by atoms with Crippen molar-refractivity contribution in [3.05, 3.63) is 72.8 Å². The maximum atomic E-state index is 13.3. The van der Waals surface area contributed by atoms with Gasteiger partial charge in [0.15, 0.2) is 11.0 Å². The van der Waals surface area contributed by atoms with Gasteiger partial charge < -0.3 is 5.32 Å². The summed E-state index contributed by atoms with van der Waals surface area (Å²) in [4.78, 5) is 11.9. The number of thioether (sulfide) groups is 1. The molecule has 1 aromatic heterocycles. The summed E-state index contributed by atoms with van der Waals surface area (Å²) in [6, 6.07) is 11.7. The molecular weight excluding hydrogens is 370 g/mol. The first-order valence-corrected chi connectivity index (χ1v) is 9.04. The molecule has 3 aromatic rings. The lowest BCUT2D eigenvalue weighted by molar-refractivity contribution is -0.118. The Morgan fingerprint density at radius 1 is 1.07 bits per heavy atom. The average Bonchev–Trinajstić information content (AvgIpc) is 3.10. The third-order valence-electron chi connectivity index (χ3n) is 3.60. The van der Waals surface area contributed by atoms with E-state index in [-0.39, 0.29) is 23.3 Å². The second-order valence-corrected chi connectivity index (χ2v) is 6.45. The highest BCUT2D eigenvalue weighted by Crippen LogP contribution is 2.28. The molecule has 138 valence electrons. The van der Waals surface area contributed by atoms with Gasteiger partial charge in [0.1, 0.15) is 11.6 Å². The molecule has 0 unspecified atom stereocenters. The van der Waals surface area contributed by atoms with Crippen LogP contribution in [0.2, 0.25) is 0 Å². The summed E-state index contributed by atoms with van der Waals surface area (Å²) in [5, 5.41) is 11.5. The predicted molar refractivity (Wildman–Crippen MR) is 101 cm³/mol. The number of hydrogen-bond acceptors (Lipinski definition) is 4.